The lowest BCUT2D eigenvalue weighted by Gasteiger charge is -2.04. The molecule has 0 atom stereocenters. The first-order valence-corrected chi connectivity index (χ1v) is 7.86. The van der Waals surface area contributed by atoms with E-state index in [0.717, 1.165) is 23.6 Å². The summed E-state index contributed by atoms with van der Waals surface area (Å²) >= 11 is 1.55. The minimum atomic E-state index is -0.242. The van der Waals surface area contributed by atoms with Gasteiger partial charge in [0.25, 0.3) is 0 Å². The topological polar surface area (TPSA) is 57.8 Å². The Balaban J connectivity index is 1.54. The van der Waals surface area contributed by atoms with Crippen molar-refractivity contribution >= 4 is 17.7 Å². The van der Waals surface area contributed by atoms with Crippen molar-refractivity contribution in [3.8, 4) is 0 Å². The molecule has 4 nitrogen and oxygen atoms in total. The van der Waals surface area contributed by atoms with Crippen molar-refractivity contribution in [2.75, 3.05) is 12.3 Å². The van der Waals surface area contributed by atoms with E-state index in [1.165, 1.54) is 12.1 Å². The lowest BCUT2D eigenvalue weighted by Crippen LogP contribution is -2.25. The van der Waals surface area contributed by atoms with Gasteiger partial charge in [-0.05, 0) is 30.7 Å². The average molecular weight is 307 g/mol. The van der Waals surface area contributed by atoms with Gasteiger partial charge in [-0.2, -0.15) is 0 Å². The number of aromatic amines is 1. The van der Waals surface area contributed by atoms with E-state index in [9.17, 15) is 9.18 Å². The number of nitrogens with zero attached hydrogens (tertiary/aromatic N) is 1. The van der Waals surface area contributed by atoms with E-state index in [2.05, 4.69) is 15.3 Å². The molecule has 0 radical (unpaired) electrons. The number of H-pyrrole nitrogens is 1. The molecule has 0 fully saturated rings. The van der Waals surface area contributed by atoms with Crippen LogP contribution in [-0.2, 0) is 11.2 Å². The fourth-order valence-corrected chi connectivity index (χ4v) is 2.65. The molecule has 1 aromatic carbocycles. The minimum Gasteiger partial charge on any atom is -0.356 e. The maximum absolute atomic E-state index is 12.7. The van der Waals surface area contributed by atoms with Crippen LogP contribution in [0, 0.1) is 5.82 Å². The molecule has 1 amide bonds. The highest BCUT2D eigenvalue weighted by molar-refractivity contribution is 7.99. The smallest absolute Gasteiger partial charge is 0.220 e. The van der Waals surface area contributed by atoms with Crippen molar-refractivity contribution in [1.29, 1.82) is 0 Å². The number of aryl methyl sites for hydroxylation is 1. The Morgan fingerprint density at radius 1 is 1.33 bits per heavy atom. The van der Waals surface area contributed by atoms with Gasteiger partial charge < -0.3 is 10.3 Å². The SMILES string of the molecule is O=C(CCSc1ccc(F)cc1)NCCCc1ncc[nH]1. The summed E-state index contributed by atoms with van der Waals surface area (Å²) in [6.45, 7) is 0.654. The van der Waals surface area contributed by atoms with Gasteiger partial charge in [0.1, 0.15) is 11.6 Å². The lowest BCUT2D eigenvalue weighted by atomic mass is 10.3. The Kier molecular flexibility index (Phi) is 6.27. The monoisotopic (exact) mass is 307 g/mol. The quantitative estimate of drug-likeness (QED) is 0.582. The van der Waals surface area contributed by atoms with Crippen LogP contribution in [0.15, 0.2) is 41.6 Å². The van der Waals surface area contributed by atoms with Crippen molar-refractivity contribution in [2.45, 2.75) is 24.2 Å². The van der Waals surface area contributed by atoms with Crippen LogP contribution in [0.5, 0.6) is 0 Å². The molecule has 0 unspecified atom stereocenters. The number of halogens is 1. The number of carbonyl (C=O) groups excluding carboxylic acids is 1. The largest absolute Gasteiger partial charge is 0.356 e. The predicted molar refractivity (Wildman–Crippen MR) is 81.7 cm³/mol. The van der Waals surface area contributed by atoms with Crippen molar-refractivity contribution in [3.05, 3.63) is 48.3 Å². The third kappa shape index (κ3) is 5.99. The number of rotatable bonds is 8. The summed E-state index contributed by atoms with van der Waals surface area (Å²) in [6, 6.07) is 6.30. The van der Waals surface area contributed by atoms with Crippen molar-refractivity contribution < 1.29 is 9.18 Å². The number of nitrogens with one attached hydrogen (secondary N) is 2. The Morgan fingerprint density at radius 3 is 2.86 bits per heavy atom. The molecule has 2 N–H and O–H groups in total. The molecule has 21 heavy (non-hydrogen) atoms. The molecule has 1 heterocycles. The maximum atomic E-state index is 12.7. The second kappa shape index (κ2) is 8.46. The zero-order valence-electron chi connectivity index (χ0n) is 11.6. The molecule has 0 aliphatic carbocycles. The predicted octanol–water partition coefficient (Wildman–Crippen LogP) is 2.78. The van der Waals surface area contributed by atoms with Gasteiger partial charge in [-0.1, -0.05) is 0 Å². The maximum Gasteiger partial charge on any atom is 0.220 e. The van der Waals surface area contributed by atoms with Gasteiger partial charge in [0, 0.05) is 42.4 Å². The van der Waals surface area contributed by atoms with E-state index >= 15 is 0 Å². The molecule has 2 aromatic rings. The third-order valence-corrected chi connectivity index (χ3v) is 3.89. The number of hydrogen-bond donors (Lipinski definition) is 2. The fraction of sp³-hybridized carbons (Fsp3) is 0.333. The highest BCUT2D eigenvalue weighted by atomic mass is 32.2. The number of aromatic nitrogens is 2. The molecule has 1 aromatic heterocycles. The molecule has 0 spiro atoms. The Bertz CT molecular complexity index is 543. The van der Waals surface area contributed by atoms with E-state index in [1.807, 2.05) is 0 Å². The first-order valence-electron chi connectivity index (χ1n) is 6.87. The standard InChI is InChI=1S/C15H18FN3OS/c16-12-3-5-13(6-4-12)21-11-7-15(20)19-8-1-2-14-17-9-10-18-14/h3-6,9-10H,1-2,7-8,11H2,(H,17,18)(H,19,20). The Labute approximate surface area is 127 Å². The number of thioether (sulfide) groups is 1. The van der Waals surface area contributed by atoms with E-state index < -0.39 is 0 Å². The van der Waals surface area contributed by atoms with E-state index in [1.54, 1.807) is 36.3 Å². The molecule has 0 aliphatic heterocycles. The summed E-state index contributed by atoms with van der Waals surface area (Å²) in [6.07, 6.45) is 5.67. The molecule has 0 saturated carbocycles. The van der Waals surface area contributed by atoms with Crippen LogP contribution in [0.2, 0.25) is 0 Å². The third-order valence-electron chi connectivity index (χ3n) is 2.88. The van der Waals surface area contributed by atoms with Gasteiger partial charge in [0.15, 0.2) is 0 Å². The molecular weight excluding hydrogens is 289 g/mol. The number of benzene rings is 1. The summed E-state index contributed by atoms with van der Waals surface area (Å²) in [5.74, 6) is 1.43. The highest BCUT2D eigenvalue weighted by Crippen LogP contribution is 2.18. The van der Waals surface area contributed by atoms with Gasteiger partial charge in [-0.3, -0.25) is 4.79 Å². The highest BCUT2D eigenvalue weighted by Gasteiger charge is 2.02. The lowest BCUT2D eigenvalue weighted by molar-refractivity contribution is -0.120. The summed E-state index contributed by atoms with van der Waals surface area (Å²) in [5.41, 5.74) is 0. The first kappa shape index (κ1) is 15.6. The number of carbonyl (C=O) groups is 1. The van der Waals surface area contributed by atoms with Gasteiger partial charge in [-0.15, -0.1) is 11.8 Å². The second-order valence-electron chi connectivity index (χ2n) is 4.54. The van der Waals surface area contributed by atoms with Crippen LogP contribution in [0.1, 0.15) is 18.7 Å². The van der Waals surface area contributed by atoms with Crippen molar-refractivity contribution in [3.63, 3.8) is 0 Å². The van der Waals surface area contributed by atoms with Crippen LogP contribution < -0.4 is 5.32 Å². The summed E-state index contributed by atoms with van der Waals surface area (Å²) in [5, 5.41) is 2.89. The van der Waals surface area contributed by atoms with Gasteiger partial charge >= 0.3 is 0 Å². The zero-order chi connectivity index (χ0) is 14.9. The normalized spacial score (nSPS) is 10.5. The first-order chi connectivity index (χ1) is 10.2. The summed E-state index contributed by atoms with van der Waals surface area (Å²) in [4.78, 5) is 19.8. The van der Waals surface area contributed by atoms with Crippen LogP contribution >= 0.6 is 11.8 Å². The molecule has 0 saturated heterocycles. The number of amides is 1. The van der Waals surface area contributed by atoms with Crippen molar-refractivity contribution in [2.24, 2.45) is 0 Å². The van der Waals surface area contributed by atoms with Crippen LogP contribution in [0.3, 0.4) is 0 Å². The molecule has 112 valence electrons. The molecule has 6 heteroatoms. The summed E-state index contributed by atoms with van der Waals surface area (Å²) in [7, 11) is 0. The second-order valence-corrected chi connectivity index (χ2v) is 5.71. The van der Waals surface area contributed by atoms with E-state index in [4.69, 9.17) is 0 Å². The molecule has 2 rings (SSSR count). The fourth-order valence-electron chi connectivity index (χ4n) is 1.80. The van der Waals surface area contributed by atoms with Crippen molar-refractivity contribution in [1.82, 2.24) is 15.3 Å². The van der Waals surface area contributed by atoms with E-state index in [-0.39, 0.29) is 11.7 Å². The van der Waals surface area contributed by atoms with Gasteiger partial charge in [-0.25, -0.2) is 9.37 Å². The van der Waals surface area contributed by atoms with E-state index in [0.29, 0.717) is 18.7 Å². The van der Waals surface area contributed by atoms with Gasteiger partial charge in [0.05, 0.1) is 0 Å². The average Bonchev–Trinajstić information content (AvgIpc) is 2.99. The van der Waals surface area contributed by atoms with Gasteiger partial charge in [0.2, 0.25) is 5.91 Å². The van der Waals surface area contributed by atoms with Crippen LogP contribution in [-0.4, -0.2) is 28.2 Å². The minimum absolute atomic E-state index is 0.0454. The molecule has 0 bridgehead atoms. The number of imidazole rings is 1. The molecular formula is C15H18FN3OS. The Hall–Kier alpha value is -1.82. The van der Waals surface area contributed by atoms with Crippen LogP contribution in [0.4, 0.5) is 4.39 Å². The summed E-state index contributed by atoms with van der Waals surface area (Å²) < 4.78 is 12.7. The Morgan fingerprint density at radius 2 is 2.14 bits per heavy atom. The zero-order valence-corrected chi connectivity index (χ0v) is 12.5. The van der Waals surface area contributed by atoms with Crippen LogP contribution in [0.25, 0.3) is 0 Å². The molecule has 0 aliphatic rings. The number of hydrogen-bond acceptors (Lipinski definition) is 3.